The van der Waals surface area contributed by atoms with E-state index in [0.29, 0.717) is 24.0 Å². The molecular weight excluding hydrogens is 542 g/mol. The van der Waals surface area contributed by atoms with Gasteiger partial charge in [0.25, 0.3) is 0 Å². The molecule has 2 bridgehead atoms. The molecule has 1 aromatic rings. The number of halogens is 3. The van der Waals surface area contributed by atoms with Gasteiger partial charge < -0.3 is 0 Å². The molecule has 3 rings (SSSR count). The molecule has 2 atom stereocenters. The Morgan fingerprint density at radius 3 is 2.57 bits per heavy atom. The number of nitrogens with zero attached hydrogens (tertiary/aromatic N) is 2. The third-order valence-corrected chi connectivity index (χ3v) is 14.8. The molecule has 0 spiro atoms. The molecule has 28 heavy (non-hydrogen) atoms. The molecule has 2 aliphatic heterocycles. The first-order chi connectivity index (χ1) is 13.3. The molecule has 1 aromatic carbocycles. The molecule has 2 saturated heterocycles. The van der Waals surface area contributed by atoms with Crippen molar-refractivity contribution in [1.29, 1.82) is 0 Å². The number of rotatable bonds is 6. The Balaban J connectivity index is 2.07. The van der Waals surface area contributed by atoms with Crippen LogP contribution in [0.4, 0.5) is 4.79 Å². The fraction of sp³-hybridized carbons (Fsp3) is 0.529. The first kappa shape index (κ1) is 22.2. The Hall–Kier alpha value is -0.460. The third-order valence-electron chi connectivity index (χ3n) is 4.74. The average Bonchev–Trinajstić information content (AvgIpc) is 2.72. The average molecular weight is 563 g/mol. The van der Waals surface area contributed by atoms with Gasteiger partial charge in [-0.15, -0.1) is 0 Å². The van der Waals surface area contributed by atoms with Crippen LogP contribution in [0.1, 0.15) is 12.8 Å². The molecule has 0 N–H and O–H groups in total. The monoisotopic (exact) mass is 562 g/mol. The van der Waals surface area contributed by atoms with E-state index < -0.39 is 42.1 Å². The number of amides is 1. The van der Waals surface area contributed by atoms with Gasteiger partial charge in [-0.1, -0.05) is 0 Å². The second-order valence-corrected chi connectivity index (χ2v) is 14.9. The van der Waals surface area contributed by atoms with Crippen LogP contribution in [0.25, 0.3) is 0 Å². The quantitative estimate of drug-likeness (QED) is 0.132. The second kappa shape index (κ2) is 9.13. The van der Waals surface area contributed by atoms with Gasteiger partial charge in [0.2, 0.25) is 0 Å². The fourth-order valence-corrected chi connectivity index (χ4v) is 14.4. The van der Waals surface area contributed by atoms with Crippen LogP contribution in [0.2, 0.25) is 10.0 Å². The normalized spacial score (nSPS) is 24.9. The molecule has 156 valence electrons. The van der Waals surface area contributed by atoms with Gasteiger partial charge in [0.15, 0.2) is 0 Å². The van der Waals surface area contributed by atoms with Crippen molar-refractivity contribution < 1.29 is 22.7 Å². The van der Waals surface area contributed by atoms with Gasteiger partial charge in [0.1, 0.15) is 0 Å². The Morgan fingerprint density at radius 1 is 1.29 bits per heavy atom. The number of ether oxygens (including phenoxy) is 1. The van der Waals surface area contributed by atoms with Crippen molar-refractivity contribution in [3.8, 4) is 0 Å². The number of hydrogen-bond donors (Lipinski definition) is 0. The molecule has 0 aromatic heterocycles. The number of sulfonamides is 1. The van der Waals surface area contributed by atoms with Gasteiger partial charge >= 0.3 is 183 Å². The van der Waals surface area contributed by atoms with Crippen LogP contribution >= 0.6 is 43.3 Å². The number of aldehydes is 1. The van der Waals surface area contributed by atoms with Crippen molar-refractivity contribution in [2.24, 2.45) is 5.92 Å². The van der Waals surface area contributed by atoms with Gasteiger partial charge in [-0.2, -0.15) is 0 Å². The van der Waals surface area contributed by atoms with Crippen LogP contribution in [0.5, 0.6) is 0 Å². The Morgan fingerprint density at radius 2 is 1.96 bits per heavy atom. The predicted octanol–water partition coefficient (Wildman–Crippen LogP) is 3.47. The number of hydrogen-bond acceptors (Lipinski definition) is 5. The summed E-state index contributed by atoms with van der Waals surface area (Å²) in [6.45, 7) is 0.895. The second-order valence-electron chi connectivity index (χ2n) is 6.58. The van der Waals surface area contributed by atoms with E-state index in [9.17, 15) is 18.0 Å². The summed E-state index contributed by atoms with van der Waals surface area (Å²) in [5.41, 5.74) is 0. The van der Waals surface area contributed by atoms with Crippen LogP contribution in [0, 0.1) is 5.92 Å². The van der Waals surface area contributed by atoms with Crippen molar-refractivity contribution in [3.63, 3.8) is 0 Å². The van der Waals surface area contributed by atoms with Crippen molar-refractivity contribution >= 4 is 63.5 Å². The summed E-state index contributed by atoms with van der Waals surface area (Å²) in [5, 5.41) is 0.407. The van der Waals surface area contributed by atoms with Crippen molar-refractivity contribution in [1.82, 2.24) is 7.42 Å². The molecular formula is C17H21Cl2IN2O5S. The maximum absolute atomic E-state index is 13.5. The standard InChI is InChI=1S/C17H21Cl2IN2O5S/c1-27-6-5-21-10-12(11-23)16-3-2-4-20(17(21)24)22(16)28(25,26)15-8-13(18)7-14(19)9-15/h7-9,11-12,16H,2-6,10H2,1H3/t12-,16?/m1/s1. The molecule has 0 aliphatic carbocycles. The zero-order valence-corrected chi connectivity index (χ0v) is 19.7. The van der Waals surface area contributed by atoms with Crippen LogP contribution in [-0.2, 0) is 19.6 Å². The van der Waals surface area contributed by atoms with E-state index in [2.05, 4.69) is 0 Å². The number of alkyl halides is 1. The Labute approximate surface area is 182 Å². The fourth-order valence-electron chi connectivity index (χ4n) is 3.43. The summed E-state index contributed by atoms with van der Waals surface area (Å²) in [4.78, 5) is 26.6. The topological polar surface area (TPSA) is 84.0 Å². The summed E-state index contributed by atoms with van der Waals surface area (Å²) >= 11 is 9.23. The summed E-state index contributed by atoms with van der Waals surface area (Å²) in [5.74, 6) is -0.576. The predicted molar refractivity (Wildman–Crippen MR) is 116 cm³/mol. The molecule has 1 unspecified atom stereocenters. The molecule has 2 heterocycles. The third kappa shape index (κ3) is 4.34. The summed E-state index contributed by atoms with van der Waals surface area (Å²) in [7, 11) is -2.47. The van der Waals surface area contributed by atoms with E-state index in [0.717, 1.165) is 12.7 Å². The SMILES string of the molecule is COCCN1C[C@H](C=O)C2CCCI(C1=O)N2S(=O)(=O)c1cc(Cl)cc(Cl)c1. The van der Waals surface area contributed by atoms with Crippen LogP contribution in [0.15, 0.2) is 23.1 Å². The number of carbonyl (C=O) groups is 2. The molecule has 0 radical (unpaired) electrons. The zero-order valence-electron chi connectivity index (χ0n) is 15.2. The Bertz CT molecular complexity index is 849. The van der Waals surface area contributed by atoms with Crippen molar-refractivity contribution in [3.05, 3.63) is 28.2 Å². The van der Waals surface area contributed by atoms with E-state index in [1.165, 1.54) is 27.8 Å². The molecule has 1 amide bonds. The van der Waals surface area contributed by atoms with E-state index in [-0.39, 0.29) is 25.4 Å². The Kier molecular flexibility index (Phi) is 7.25. The van der Waals surface area contributed by atoms with Crippen molar-refractivity contribution in [2.75, 3.05) is 31.2 Å². The minimum absolute atomic E-state index is 0.0398. The van der Waals surface area contributed by atoms with Crippen molar-refractivity contribution in [2.45, 2.75) is 23.8 Å². The van der Waals surface area contributed by atoms with E-state index >= 15 is 0 Å². The molecule has 2 fully saturated rings. The van der Waals surface area contributed by atoms with Crippen LogP contribution in [0.3, 0.4) is 0 Å². The number of benzene rings is 1. The van der Waals surface area contributed by atoms with E-state index in [1.807, 2.05) is 0 Å². The molecule has 0 saturated carbocycles. The van der Waals surface area contributed by atoms with Crippen LogP contribution < -0.4 is 0 Å². The minimum atomic E-state index is -4.01. The van der Waals surface area contributed by atoms with Gasteiger partial charge in [0, 0.05) is 0 Å². The van der Waals surface area contributed by atoms with Crippen LogP contribution in [-0.4, -0.2) is 63.3 Å². The van der Waals surface area contributed by atoms with E-state index in [1.54, 1.807) is 4.90 Å². The van der Waals surface area contributed by atoms with Gasteiger partial charge in [-0.3, -0.25) is 0 Å². The maximum atomic E-state index is 13.5. The summed E-state index contributed by atoms with van der Waals surface area (Å²) in [6, 6.07) is 3.61. The first-order valence-electron chi connectivity index (χ1n) is 8.69. The van der Waals surface area contributed by atoms with Gasteiger partial charge in [-0.05, 0) is 0 Å². The molecule has 2 aliphatic rings. The molecule has 11 heteroatoms. The van der Waals surface area contributed by atoms with E-state index in [4.69, 9.17) is 27.9 Å². The molecule has 7 nitrogen and oxygen atoms in total. The van der Waals surface area contributed by atoms with Gasteiger partial charge in [-0.25, -0.2) is 0 Å². The number of carbonyl (C=O) groups excluding carboxylic acids is 2. The number of methoxy groups -OCH3 is 1. The number of fused-ring (bicyclic) bond motifs is 2. The summed E-state index contributed by atoms with van der Waals surface area (Å²) in [6.07, 6.45) is 2.07. The van der Waals surface area contributed by atoms with Gasteiger partial charge in [0.05, 0.1) is 0 Å². The summed E-state index contributed by atoms with van der Waals surface area (Å²) < 4.78 is 33.9. The first-order valence-corrected chi connectivity index (χ1v) is 14.5. The zero-order chi connectivity index (χ0) is 20.5.